The second kappa shape index (κ2) is 7.68. The largest absolute Gasteiger partial charge is 0.462 e. The van der Waals surface area contributed by atoms with E-state index in [1.165, 1.54) is 6.07 Å². The number of hydrogen-bond acceptors (Lipinski definition) is 4. The summed E-state index contributed by atoms with van der Waals surface area (Å²) in [7, 11) is 0. The Balaban J connectivity index is 2.21. The number of ether oxygens (including phenoxy) is 1. The van der Waals surface area contributed by atoms with E-state index in [1.807, 2.05) is 4.57 Å². The van der Waals surface area contributed by atoms with Gasteiger partial charge >= 0.3 is 5.97 Å². The van der Waals surface area contributed by atoms with E-state index in [1.54, 1.807) is 13.1 Å². The van der Waals surface area contributed by atoms with Gasteiger partial charge in [0.2, 0.25) is 0 Å². The number of hydrogen-bond donors (Lipinski definition) is 1. The summed E-state index contributed by atoms with van der Waals surface area (Å²) < 4.78 is 7.23. The zero-order valence-corrected chi connectivity index (χ0v) is 11.8. The number of aromatic nitrogens is 2. The van der Waals surface area contributed by atoms with Crippen LogP contribution in [-0.4, -0.2) is 22.1 Å². The summed E-state index contributed by atoms with van der Waals surface area (Å²) in [6.07, 6.45) is 4.31. The van der Waals surface area contributed by atoms with E-state index in [-0.39, 0.29) is 11.5 Å². The number of H-pyrrole nitrogens is 1. The molecule has 0 unspecified atom stereocenters. The second-order valence-electron chi connectivity index (χ2n) is 4.28. The lowest BCUT2D eigenvalue weighted by Gasteiger charge is -2.06. The first-order valence-electron chi connectivity index (χ1n) is 6.13. The van der Waals surface area contributed by atoms with Crippen molar-refractivity contribution in [1.82, 2.24) is 9.55 Å². The number of aromatic amines is 1. The predicted molar refractivity (Wildman–Crippen MR) is 75.5 cm³/mol. The number of nitrogens with zero attached hydrogens (tertiary/aromatic N) is 1. The molecule has 1 aromatic heterocycles. The number of carbonyl (C=O) groups excluding carboxylic acids is 1. The average molecular weight is 282 g/mol. The van der Waals surface area contributed by atoms with Gasteiger partial charge in [0, 0.05) is 24.4 Å². The summed E-state index contributed by atoms with van der Waals surface area (Å²) in [5.41, 5.74) is 0.229. The Hall–Kier alpha value is -1.69. The smallest absolute Gasteiger partial charge is 0.333 e. The fourth-order valence-corrected chi connectivity index (χ4v) is 1.72. The van der Waals surface area contributed by atoms with Gasteiger partial charge in [-0.25, -0.2) is 4.79 Å². The quantitative estimate of drug-likeness (QED) is 0.360. The van der Waals surface area contributed by atoms with Gasteiger partial charge in [-0.15, -0.1) is 0 Å². The van der Waals surface area contributed by atoms with Crippen LogP contribution >= 0.6 is 12.2 Å². The molecule has 0 atom stereocenters. The first kappa shape index (κ1) is 15.4. The van der Waals surface area contributed by atoms with E-state index >= 15 is 0 Å². The van der Waals surface area contributed by atoms with E-state index in [2.05, 4.69) is 11.6 Å². The molecule has 0 aromatic carbocycles. The van der Waals surface area contributed by atoms with E-state index in [9.17, 15) is 9.59 Å². The number of carbonyl (C=O) groups is 1. The number of unbranched alkanes of at least 4 members (excludes halogenated alkanes) is 2. The minimum absolute atomic E-state index is 0.187. The first-order chi connectivity index (χ1) is 9.00. The van der Waals surface area contributed by atoms with Crippen LogP contribution in [0.1, 0.15) is 26.2 Å². The second-order valence-corrected chi connectivity index (χ2v) is 4.67. The van der Waals surface area contributed by atoms with Gasteiger partial charge in [-0.1, -0.05) is 6.58 Å². The van der Waals surface area contributed by atoms with Crippen LogP contribution in [0.2, 0.25) is 0 Å². The third-order valence-corrected chi connectivity index (χ3v) is 2.86. The van der Waals surface area contributed by atoms with Crippen LogP contribution in [0.5, 0.6) is 0 Å². The average Bonchev–Trinajstić information content (AvgIpc) is 2.35. The molecule has 0 saturated heterocycles. The summed E-state index contributed by atoms with van der Waals surface area (Å²) >= 11 is 5.03. The molecule has 0 aliphatic carbocycles. The first-order valence-corrected chi connectivity index (χ1v) is 6.54. The third kappa shape index (κ3) is 5.65. The van der Waals surface area contributed by atoms with Crippen molar-refractivity contribution in [3.63, 3.8) is 0 Å². The van der Waals surface area contributed by atoms with Crippen LogP contribution in [0.3, 0.4) is 0 Å². The molecule has 0 fully saturated rings. The van der Waals surface area contributed by atoms with Crippen molar-refractivity contribution in [1.29, 1.82) is 0 Å². The summed E-state index contributed by atoms with van der Waals surface area (Å²) in [6, 6.07) is 1.45. The highest BCUT2D eigenvalue weighted by Crippen LogP contribution is 2.01. The van der Waals surface area contributed by atoms with Crippen LogP contribution in [0.15, 0.2) is 29.2 Å². The van der Waals surface area contributed by atoms with Gasteiger partial charge in [0.05, 0.1) is 6.61 Å². The number of nitrogens with one attached hydrogen (secondary N) is 1. The Kier molecular flexibility index (Phi) is 6.21. The topological polar surface area (TPSA) is 64.1 Å². The molecule has 104 valence electrons. The maximum Gasteiger partial charge on any atom is 0.333 e. The molecule has 1 N–H and O–H groups in total. The zero-order valence-electron chi connectivity index (χ0n) is 11.0. The van der Waals surface area contributed by atoms with Crippen molar-refractivity contribution in [3.8, 4) is 0 Å². The fraction of sp³-hybridized carbons (Fsp3) is 0.462. The summed E-state index contributed by atoms with van der Waals surface area (Å²) in [5.74, 6) is -0.345. The number of esters is 1. The van der Waals surface area contributed by atoms with Crippen molar-refractivity contribution in [2.75, 3.05) is 6.61 Å². The third-order valence-electron chi connectivity index (χ3n) is 2.52. The molecule has 19 heavy (non-hydrogen) atoms. The van der Waals surface area contributed by atoms with E-state index < -0.39 is 0 Å². The standard InChI is InChI=1S/C13H18N2O3S/c1-10(2)12(17)18-9-5-3-4-7-15-8-6-11(16)14-13(15)19/h6,8H,1,3-5,7,9H2,2H3,(H,14,16,19). The Morgan fingerprint density at radius 3 is 2.84 bits per heavy atom. The Morgan fingerprint density at radius 1 is 1.47 bits per heavy atom. The molecule has 6 heteroatoms. The number of rotatable bonds is 7. The molecule has 1 rings (SSSR count). The zero-order chi connectivity index (χ0) is 14.3. The number of aryl methyl sites for hydroxylation is 1. The minimum atomic E-state index is -0.345. The van der Waals surface area contributed by atoms with Crippen molar-refractivity contribution in [2.24, 2.45) is 0 Å². The van der Waals surface area contributed by atoms with Crippen LogP contribution in [0.4, 0.5) is 0 Å². The minimum Gasteiger partial charge on any atom is -0.462 e. The Bertz CT molecular complexity index is 559. The maximum atomic E-state index is 11.1. The fourth-order valence-electron chi connectivity index (χ4n) is 1.47. The molecule has 1 aromatic rings. The highest BCUT2D eigenvalue weighted by molar-refractivity contribution is 7.71. The van der Waals surface area contributed by atoms with E-state index in [4.69, 9.17) is 17.0 Å². The molecular weight excluding hydrogens is 264 g/mol. The van der Waals surface area contributed by atoms with Gasteiger partial charge in [0.1, 0.15) is 0 Å². The molecular formula is C13H18N2O3S. The van der Waals surface area contributed by atoms with Crippen LogP contribution in [0.25, 0.3) is 0 Å². The van der Waals surface area contributed by atoms with Crippen molar-refractivity contribution < 1.29 is 9.53 Å². The van der Waals surface area contributed by atoms with E-state index in [0.717, 1.165) is 25.8 Å². The maximum absolute atomic E-state index is 11.1. The van der Waals surface area contributed by atoms with Gasteiger partial charge in [-0.05, 0) is 38.4 Å². The van der Waals surface area contributed by atoms with Crippen LogP contribution < -0.4 is 5.56 Å². The lowest BCUT2D eigenvalue weighted by atomic mass is 10.2. The summed E-state index contributed by atoms with van der Waals surface area (Å²) in [4.78, 5) is 24.6. The highest BCUT2D eigenvalue weighted by Gasteiger charge is 2.01. The van der Waals surface area contributed by atoms with Gasteiger partial charge in [0.25, 0.3) is 5.56 Å². The van der Waals surface area contributed by atoms with E-state index in [0.29, 0.717) is 17.0 Å². The molecule has 0 amide bonds. The molecule has 0 radical (unpaired) electrons. The molecule has 5 nitrogen and oxygen atoms in total. The van der Waals surface area contributed by atoms with Crippen LogP contribution in [-0.2, 0) is 16.1 Å². The Labute approximate surface area is 116 Å². The van der Waals surface area contributed by atoms with Gasteiger partial charge in [-0.2, -0.15) is 0 Å². The highest BCUT2D eigenvalue weighted by atomic mass is 32.1. The van der Waals surface area contributed by atoms with Crippen LogP contribution in [0, 0.1) is 4.77 Å². The SMILES string of the molecule is C=C(C)C(=O)OCCCCCn1ccc(=O)[nH]c1=S. The molecule has 0 bridgehead atoms. The monoisotopic (exact) mass is 282 g/mol. The lowest BCUT2D eigenvalue weighted by molar-refractivity contribution is -0.139. The molecule has 0 aliphatic heterocycles. The molecule has 0 aliphatic rings. The Morgan fingerprint density at radius 2 is 2.21 bits per heavy atom. The van der Waals surface area contributed by atoms with Crippen molar-refractivity contribution in [3.05, 3.63) is 39.5 Å². The summed E-state index contributed by atoms with van der Waals surface area (Å²) in [6.45, 7) is 6.28. The lowest BCUT2D eigenvalue weighted by Crippen LogP contribution is -2.11. The van der Waals surface area contributed by atoms with Crippen molar-refractivity contribution >= 4 is 18.2 Å². The molecule has 1 heterocycles. The molecule has 0 saturated carbocycles. The van der Waals surface area contributed by atoms with Gasteiger partial charge in [-0.3, -0.25) is 9.78 Å². The summed E-state index contributed by atoms with van der Waals surface area (Å²) in [5, 5.41) is 0. The predicted octanol–water partition coefficient (Wildman–Crippen LogP) is 2.20. The van der Waals surface area contributed by atoms with Gasteiger partial charge < -0.3 is 9.30 Å². The van der Waals surface area contributed by atoms with Crippen molar-refractivity contribution in [2.45, 2.75) is 32.7 Å². The van der Waals surface area contributed by atoms with Gasteiger partial charge in [0.15, 0.2) is 4.77 Å². The normalized spacial score (nSPS) is 10.2. The molecule has 0 spiro atoms.